The van der Waals surface area contributed by atoms with E-state index in [1.165, 1.54) is 11.8 Å². The number of anilines is 1. The maximum Gasteiger partial charge on any atom is 0.254 e. The molecule has 4 rings (SSSR count). The molecule has 32 heavy (non-hydrogen) atoms. The molecule has 1 aromatic heterocycles. The van der Waals surface area contributed by atoms with Crippen LogP contribution in [0.1, 0.15) is 35.1 Å². The molecule has 0 bridgehead atoms. The van der Waals surface area contributed by atoms with Crippen molar-refractivity contribution >= 4 is 52.5 Å². The van der Waals surface area contributed by atoms with E-state index in [0.29, 0.717) is 38.8 Å². The average molecular weight is 490 g/mol. The first-order valence-corrected chi connectivity index (χ1v) is 11.8. The normalized spacial score (nSPS) is 15.7. The molecule has 0 aliphatic carbocycles. The van der Waals surface area contributed by atoms with E-state index >= 15 is 0 Å². The van der Waals surface area contributed by atoms with Crippen molar-refractivity contribution in [2.75, 3.05) is 17.6 Å². The molecule has 166 valence electrons. The number of rotatable bonds is 6. The minimum atomic E-state index is -0.165. The van der Waals surface area contributed by atoms with Gasteiger partial charge in [-0.15, -0.1) is 10.2 Å². The van der Waals surface area contributed by atoms with Gasteiger partial charge in [-0.1, -0.05) is 41.0 Å². The Bertz CT molecular complexity index is 1140. The fourth-order valence-electron chi connectivity index (χ4n) is 3.67. The van der Waals surface area contributed by atoms with E-state index in [-0.39, 0.29) is 23.6 Å². The zero-order valence-corrected chi connectivity index (χ0v) is 19.6. The molecule has 1 atom stereocenters. The number of thioether (sulfide) groups is 1. The molecule has 1 unspecified atom stereocenters. The Morgan fingerprint density at radius 3 is 2.66 bits per heavy atom. The van der Waals surface area contributed by atoms with Crippen LogP contribution in [0.25, 0.3) is 0 Å². The van der Waals surface area contributed by atoms with Gasteiger partial charge in [0.1, 0.15) is 0 Å². The molecule has 0 radical (unpaired) electrons. The predicted molar refractivity (Wildman–Crippen MR) is 126 cm³/mol. The summed E-state index contributed by atoms with van der Waals surface area (Å²) in [5.41, 5.74) is 1.24. The second-order valence-electron chi connectivity index (χ2n) is 7.41. The Balaban J connectivity index is 1.42. The summed E-state index contributed by atoms with van der Waals surface area (Å²) in [6.07, 6.45) is 1.70. The Kier molecular flexibility index (Phi) is 7.03. The van der Waals surface area contributed by atoms with Gasteiger partial charge in [0.15, 0.2) is 11.0 Å². The summed E-state index contributed by atoms with van der Waals surface area (Å²) in [6, 6.07) is 13.7. The fraction of sp³-hybridized carbons (Fsp3) is 0.273. The standard InChI is InChI=1S/C22H21Cl2N5O2S/c1-28-20(18-6-3-11-29(18)21(31)14-7-9-15(23)10-8-14)26-27-22(28)32-13-19(30)25-17-5-2-4-16(24)12-17/h2,4-5,7-10,12,18H,3,6,11,13H2,1H3,(H,25,30). The van der Waals surface area contributed by atoms with Crippen LogP contribution in [0.5, 0.6) is 0 Å². The van der Waals surface area contributed by atoms with Gasteiger partial charge in [0, 0.05) is 34.9 Å². The van der Waals surface area contributed by atoms with E-state index in [9.17, 15) is 9.59 Å². The molecule has 2 aromatic carbocycles. The first kappa shape index (κ1) is 22.6. The summed E-state index contributed by atoms with van der Waals surface area (Å²) < 4.78 is 1.86. The molecule has 1 N–H and O–H groups in total. The van der Waals surface area contributed by atoms with Gasteiger partial charge in [0.05, 0.1) is 11.8 Å². The fourth-order valence-corrected chi connectivity index (χ4v) is 4.71. The maximum absolute atomic E-state index is 13.0. The van der Waals surface area contributed by atoms with Crippen LogP contribution in [-0.4, -0.2) is 43.8 Å². The Labute approximate surface area is 200 Å². The molecule has 1 aliphatic rings. The third kappa shape index (κ3) is 5.09. The van der Waals surface area contributed by atoms with E-state index in [4.69, 9.17) is 23.2 Å². The van der Waals surface area contributed by atoms with Crippen molar-refractivity contribution in [2.24, 2.45) is 7.05 Å². The molecular formula is C22H21Cl2N5O2S. The van der Waals surface area contributed by atoms with Crippen LogP contribution in [0.15, 0.2) is 53.7 Å². The number of nitrogens with one attached hydrogen (secondary N) is 1. The first-order chi connectivity index (χ1) is 15.4. The van der Waals surface area contributed by atoms with Crippen LogP contribution in [0.2, 0.25) is 10.0 Å². The number of nitrogens with zero attached hydrogens (tertiary/aromatic N) is 4. The minimum absolute atomic E-state index is 0.0535. The van der Waals surface area contributed by atoms with Crippen LogP contribution in [0, 0.1) is 0 Å². The second-order valence-corrected chi connectivity index (χ2v) is 9.23. The lowest BCUT2D eigenvalue weighted by atomic mass is 10.1. The molecule has 1 fully saturated rings. The molecule has 7 nitrogen and oxygen atoms in total. The van der Waals surface area contributed by atoms with Gasteiger partial charge in [0.25, 0.3) is 5.91 Å². The van der Waals surface area contributed by atoms with Crippen molar-refractivity contribution in [2.45, 2.75) is 24.0 Å². The predicted octanol–water partition coefficient (Wildman–Crippen LogP) is 4.83. The zero-order chi connectivity index (χ0) is 22.7. The van der Waals surface area contributed by atoms with Gasteiger partial charge in [-0.25, -0.2) is 0 Å². The Hall–Kier alpha value is -2.55. The highest BCUT2D eigenvalue weighted by atomic mass is 35.5. The number of hydrogen-bond donors (Lipinski definition) is 1. The van der Waals surface area contributed by atoms with Crippen molar-refractivity contribution in [1.82, 2.24) is 19.7 Å². The third-order valence-corrected chi connectivity index (χ3v) is 6.72. The van der Waals surface area contributed by atoms with Gasteiger partial charge >= 0.3 is 0 Å². The zero-order valence-electron chi connectivity index (χ0n) is 17.3. The summed E-state index contributed by atoms with van der Waals surface area (Å²) in [7, 11) is 1.86. The number of hydrogen-bond acceptors (Lipinski definition) is 5. The van der Waals surface area contributed by atoms with Crippen molar-refractivity contribution in [1.29, 1.82) is 0 Å². The van der Waals surface area contributed by atoms with Crippen LogP contribution in [0.4, 0.5) is 5.69 Å². The molecule has 10 heteroatoms. The van der Waals surface area contributed by atoms with Gasteiger partial charge in [0.2, 0.25) is 5.91 Å². The summed E-state index contributed by atoms with van der Waals surface area (Å²) in [6.45, 7) is 0.656. The number of aromatic nitrogens is 3. The molecule has 0 spiro atoms. The second kappa shape index (κ2) is 9.94. The number of amides is 2. The highest BCUT2D eigenvalue weighted by Gasteiger charge is 2.34. The van der Waals surface area contributed by atoms with E-state index in [2.05, 4.69) is 15.5 Å². The summed E-state index contributed by atoms with van der Waals surface area (Å²) in [5.74, 6) is 0.670. The van der Waals surface area contributed by atoms with Crippen LogP contribution >= 0.6 is 35.0 Å². The molecule has 2 heterocycles. The van der Waals surface area contributed by atoms with Crippen molar-refractivity contribution in [3.8, 4) is 0 Å². The first-order valence-electron chi connectivity index (χ1n) is 10.1. The summed E-state index contributed by atoms with van der Waals surface area (Å²) in [5, 5.41) is 13.2. The lowest BCUT2D eigenvalue weighted by Crippen LogP contribution is -2.31. The highest BCUT2D eigenvalue weighted by molar-refractivity contribution is 7.99. The Morgan fingerprint density at radius 2 is 1.91 bits per heavy atom. The number of benzene rings is 2. The van der Waals surface area contributed by atoms with Crippen molar-refractivity contribution in [3.05, 3.63) is 70.0 Å². The average Bonchev–Trinajstić information content (AvgIpc) is 3.39. The van der Waals surface area contributed by atoms with Crippen LogP contribution in [-0.2, 0) is 11.8 Å². The highest BCUT2D eigenvalue weighted by Crippen LogP contribution is 2.33. The Morgan fingerprint density at radius 1 is 1.12 bits per heavy atom. The lowest BCUT2D eigenvalue weighted by molar-refractivity contribution is -0.113. The quantitative estimate of drug-likeness (QED) is 0.501. The molecule has 1 aliphatic heterocycles. The van der Waals surface area contributed by atoms with E-state index < -0.39 is 0 Å². The number of carbonyl (C=O) groups is 2. The summed E-state index contributed by atoms with van der Waals surface area (Å²) in [4.78, 5) is 27.2. The van der Waals surface area contributed by atoms with E-state index in [1.54, 1.807) is 48.5 Å². The molecule has 2 amide bonds. The largest absolute Gasteiger partial charge is 0.328 e. The topological polar surface area (TPSA) is 80.1 Å². The molecule has 3 aromatic rings. The van der Waals surface area contributed by atoms with Gasteiger partial charge < -0.3 is 14.8 Å². The molecule has 1 saturated heterocycles. The van der Waals surface area contributed by atoms with Crippen LogP contribution in [0.3, 0.4) is 0 Å². The number of halogens is 2. The van der Waals surface area contributed by atoms with Gasteiger partial charge in [-0.3, -0.25) is 9.59 Å². The smallest absolute Gasteiger partial charge is 0.254 e. The number of carbonyl (C=O) groups excluding carboxylic acids is 2. The van der Waals surface area contributed by atoms with Crippen molar-refractivity contribution < 1.29 is 9.59 Å². The van der Waals surface area contributed by atoms with E-state index in [0.717, 1.165) is 12.8 Å². The summed E-state index contributed by atoms with van der Waals surface area (Å²) >= 11 is 13.2. The SMILES string of the molecule is Cn1c(SCC(=O)Nc2cccc(Cl)c2)nnc1C1CCCN1C(=O)c1ccc(Cl)cc1. The molecule has 0 saturated carbocycles. The number of likely N-dealkylation sites (tertiary alicyclic amines) is 1. The van der Waals surface area contributed by atoms with Gasteiger partial charge in [-0.2, -0.15) is 0 Å². The monoisotopic (exact) mass is 489 g/mol. The van der Waals surface area contributed by atoms with Gasteiger partial charge in [-0.05, 0) is 55.3 Å². The minimum Gasteiger partial charge on any atom is -0.328 e. The van der Waals surface area contributed by atoms with Crippen LogP contribution < -0.4 is 5.32 Å². The third-order valence-electron chi connectivity index (χ3n) is 5.21. The van der Waals surface area contributed by atoms with E-state index in [1.807, 2.05) is 16.5 Å². The molecular weight excluding hydrogens is 469 g/mol. The lowest BCUT2D eigenvalue weighted by Gasteiger charge is -2.24. The van der Waals surface area contributed by atoms with Crippen molar-refractivity contribution in [3.63, 3.8) is 0 Å². The maximum atomic E-state index is 13.0.